The van der Waals surface area contributed by atoms with Crippen LogP contribution in [-0.4, -0.2) is 48.4 Å². The van der Waals surface area contributed by atoms with E-state index in [0.717, 1.165) is 57.8 Å². The van der Waals surface area contributed by atoms with Crippen LogP contribution in [0.15, 0.2) is 0 Å². The lowest BCUT2D eigenvalue weighted by molar-refractivity contribution is -0.185. The van der Waals surface area contributed by atoms with Gasteiger partial charge in [0.2, 0.25) is 0 Å². The van der Waals surface area contributed by atoms with Gasteiger partial charge in [-0.1, -0.05) is 194 Å². The summed E-state index contributed by atoms with van der Waals surface area (Å²) in [7, 11) is 0. The van der Waals surface area contributed by atoms with Crippen molar-refractivity contribution >= 4 is 17.9 Å². The summed E-state index contributed by atoms with van der Waals surface area (Å²) in [6.45, 7) is 6.59. The summed E-state index contributed by atoms with van der Waals surface area (Å²) >= 11 is 0. The van der Waals surface area contributed by atoms with Gasteiger partial charge in [-0.3, -0.25) is 4.79 Å². The molecule has 290 valence electrons. The Morgan fingerprint density at radius 3 is 1.14 bits per heavy atom. The first-order valence-electron chi connectivity index (χ1n) is 21.1. The summed E-state index contributed by atoms with van der Waals surface area (Å²) in [6.07, 6.45) is 34.9. The maximum atomic E-state index is 13.6. The normalized spacial score (nSPS) is 12.6. The van der Waals surface area contributed by atoms with Crippen LogP contribution in [0.25, 0.3) is 0 Å². The van der Waals surface area contributed by atoms with Crippen LogP contribution < -0.4 is 0 Å². The monoisotopic (exact) mass is 697 g/mol. The van der Waals surface area contributed by atoms with Gasteiger partial charge < -0.3 is 19.3 Å². The molecule has 0 saturated heterocycles. The average Bonchev–Trinajstić information content (AvgIpc) is 3.09. The van der Waals surface area contributed by atoms with Gasteiger partial charge in [-0.2, -0.15) is 0 Å². The number of unbranched alkanes of at least 4 members (excludes halogenated alkanes) is 27. The van der Waals surface area contributed by atoms with Crippen LogP contribution in [0.5, 0.6) is 0 Å². The highest BCUT2D eigenvalue weighted by molar-refractivity contribution is 5.86. The fourth-order valence-electron chi connectivity index (χ4n) is 6.49. The van der Waals surface area contributed by atoms with E-state index in [1.807, 2.05) is 0 Å². The molecule has 0 heterocycles. The van der Waals surface area contributed by atoms with E-state index >= 15 is 0 Å². The molecule has 0 fully saturated rings. The molecule has 1 atom stereocenters. The molecular formula is C42H80O7. The van der Waals surface area contributed by atoms with Crippen molar-refractivity contribution in [1.82, 2.24) is 0 Å². The smallest absolute Gasteiger partial charge is 0.339 e. The Morgan fingerprint density at radius 1 is 0.449 bits per heavy atom. The summed E-state index contributed by atoms with van der Waals surface area (Å²) in [4.78, 5) is 38.2. The van der Waals surface area contributed by atoms with E-state index in [0.29, 0.717) is 13.0 Å². The van der Waals surface area contributed by atoms with Gasteiger partial charge >= 0.3 is 17.9 Å². The number of aliphatic carboxylic acids is 1. The maximum Gasteiger partial charge on any atom is 0.339 e. The lowest BCUT2D eigenvalue weighted by Gasteiger charge is -2.30. The summed E-state index contributed by atoms with van der Waals surface area (Å²) in [5.74, 6) is -2.32. The number of rotatable bonds is 39. The van der Waals surface area contributed by atoms with Gasteiger partial charge in [0.15, 0.2) is 5.60 Å². The minimum absolute atomic E-state index is 0.249. The van der Waals surface area contributed by atoms with Crippen molar-refractivity contribution in [3.8, 4) is 0 Å². The summed E-state index contributed by atoms with van der Waals surface area (Å²) in [5.41, 5.74) is -1.63. The van der Waals surface area contributed by atoms with Crippen LogP contribution in [0, 0.1) is 0 Å². The van der Waals surface area contributed by atoms with E-state index in [-0.39, 0.29) is 19.4 Å². The third-order valence-electron chi connectivity index (χ3n) is 9.70. The lowest BCUT2D eigenvalue weighted by Crippen LogP contribution is -2.46. The van der Waals surface area contributed by atoms with E-state index in [2.05, 4.69) is 20.8 Å². The van der Waals surface area contributed by atoms with Crippen molar-refractivity contribution in [2.75, 3.05) is 19.8 Å². The van der Waals surface area contributed by atoms with Crippen LogP contribution >= 0.6 is 0 Å². The quantitative estimate of drug-likeness (QED) is 0.0504. The molecule has 0 radical (unpaired) electrons. The molecule has 0 amide bonds. The second kappa shape index (κ2) is 36.2. The van der Waals surface area contributed by atoms with Gasteiger partial charge in [0, 0.05) is 0 Å². The van der Waals surface area contributed by atoms with Crippen molar-refractivity contribution in [1.29, 1.82) is 0 Å². The fourth-order valence-corrected chi connectivity index (χ4v) is 6.49. The van der Waals surface area contributed by atoms with Crippen molar-refractivity contribution < 1.29 is 33.7 Å². The predicted octanol–water partition coefficient (Wildman–Crippen LogP) is 12.5. The van der Waals surface area contributed by atoms with Crippen molar-refractivity contribution in [3.05, 3.63) is 0 Å². The molecule has 0 aliphatic carbocycles. The Kier molecular flexibility index (Phi) is 35.0. The molecule has 0 rings (SSSR count). The molecule has 0 aliphatic rings. The molecule has 0 aromatic carbocycles. The standard InChI is InChI=1S/C42H80O7/c1-4-7-10-13-16-19-22-25-28-31-34-42(49-38-39(43)44,41(46)48-36-33-30-27-24-21-18-15-12-9-6-3)37-40(45)47-35-32-29-26-23-20-17-14-11-8-5-2/h4-38H2,1-3H3,(H,43,44). The molecule has 0 saturated carbocycles. The lowest BCUT2D eigenvalue weighted by atomic mass is 9.91. The van der Waals surface area contributed by atoms with Gasteiger partial charge in [0.1, 0.15) is 6.61 Å². The molecule has 0 aromatic rings. The van der Waals surface area contributed by atoms with Crippen molar-refractivity contribution in [2.24, 2.45) is 0 Å². The first-order valence-corrected chi connectivity index (χ1v) is 21.1. The zero-order valence-corrected chi connectivity index (χ0v) is 32.6. The Balaban J connectivity index is 4.90. The summed E-state index contributed by atoms with van der Waals surface area (Å²) < 4.78 is 17.1. The van der Waals surface area contributed by atoms with E-state index in [4.69, 9.17) is 14.2 Å². The Bertz CT molecular complexity index is 755. The molecule has 0 bridgehead atoms. The van der Waals surface area contributed by atoms with E-state index in [1.54, 1.807) is 0 Å². The van der Waals surface area contributed by atoms with E-state index < -0.39 is 30.1 Å². The van der Waals surface area contributed by atoms with Crippen LogP contribution in [-0.2, 0) is 28.6 Å². The van der Waals surface area contributed by atoms with Crippen LogP contribution in [0.3, 0.4) is 0 Å². The van der Waals surface area contributed by atoms with Gasteiger partial charge in [0.05, 0.1) is 19.6 Å². The van der Waals surface area contributed by atoms with Gasteiger partial charge in [0.25, 0.3) is 0 Å². The molecule has 1 N–H and O–H groups in total. The number of carbonyl (C=O) groups excluding carboxylic acids is 2. The number of hydrogen-bond acceptors (Lipinski definition) is 6. The number of carboxylic acids is 1. The first-order chi connectivity index (χ1) is 23.9. The Labute approximate surface area is 302 Å². The molecule has 49 heavy (non-hydrogen) atoms. The molecule has 7 nitrogen and oxygen atoms in total. The number of ether oxygens (including phenoxy) is 3. The number of carbonyl (C=O) groups is 3. The van der Waals surface area contributed by atoms with Crippen molar-refractivity contribution in [3.63, 3.8) is 0 Å². The van der Waals surface area contributed by atoms with Crippen molar-refractivity contribution in [2.45, 2.75) is 232 Å². The molecule has 1 unspecified atom stereocenters. The topological polar surface area (TPSA) is 99.1 Å². The highest BCUT2D eigenvalue weighted by Gasteiger charge is 2.44. The number of hydrogen-bond donors (Lipinski definition) is 1. The SMILES string of the molecule is CCCCCCCCCCCCOC(=O)CC(CCCCCCCCCCCC)(OCC(=O)O)C(=O)OCCCCCCCCCCCC. The Hall–Kier alpha value is -1.63. The fraction of sp³-hybridized carbons (Fsp3) is 0.929. The largest absolute Gasteiger partial charge is 0.480 e. The zero-order valence-electron chi connectivity index (χ0n) is 32.6. The van der Waals surface area contributed by atoms with Gasteiger partial charge in [-0.25, -0.2) is 9.59 Å². The zero-order chi connectivity index (χ0) is 36.1. The molecule has 0 aromatic heterocycles. The Morgan fingerprint density at radius 2 is 0.776 bits per heavy atom. The van der Waals surface area contributed by atoms with E-state index in [1.165, 1.54) is 128 Å². The summed E-state index contributed by atoms with van der Waals surface area (Å²) in [5, 5.41) is 9.44. The van der Waals surface area contributed by atoms with Crippen LogP contribution in [0.2, 0.25) is 0 Å². The van der Waals surface area contributed by atoms with Crippen LogP contribution in [0.4, 0.5) is 0 Å². The summed E-state index contributed by atoms with van der Waals surface area (Å²) in [6, 6.07) is 0. The van der Waals surface area contributed by atoms with Gasteiger partial charge in [-0.05, 0) is 25.7 Å². The number of carboxylic acid groups (broad SMARTS) is 1. The highest BCUT2D eigenvalue weighted by Crippen LogP contribution is 2.28. The van der Waals surface area contributed by atoms with Crippen LogP contribution in [0.1, 0.15) is 226 Å². The number of esters is 2. The second-order valence-corrected chi connectivity index (χ2v) is 14.5. The predicted molar refractivity (Wildman–Crippen MR) is 203 cm³/mol. The first kappa shape index (κ1) is 47.4. The minimum atomic E-state index is -1.63. The van der Waals surface area contributed by atoms with Gasteiger partial charge in [-0.15, -0.1) is 0 Å². The molecule has 7 heteroatoms. The highest BCUT2D eigenvalue weighted by atomic mass is 16.6. The minimum Gasteiger partial charge on any atom is -0.480 e. The van der Waals surface area contributed by atoms with E-state index in [9.17, 15) is 19.5 Å². The third-order valence-corrected chi connectivity index (χ3v) is 9.70. The average molecular weight is 697 g/mol. The molecule has 0 aliphatic heterocycles. The third kappa shape index (κ3) is 30.9. The second-order valence-electron chi connectivity index (χ2n) is 14.5. The maximum absolute atomic E-state index is 13.6. The molecular weight excluding hydrogens is 616 g/mol. The molecule has 0 spiro atoms.